The molecular weight excluding hydrogens is 272 g/mol. The number of fused-ring (bicyclic) bond motifs is 1. The van der Waals surface area contributed by atoms with Gasteiger partial charge in [-0.1, -0.05) is 38.1 Å². The van der Waals surface area contributed by atoms with Crippen molar-refractivity contribution >= 4 is 11.6 Å². The van der Waals surface area contributed by atoms with Gasteiger partial charge < -0.3 is 10.6 Å². The van der Waals surface area contributed by atoms with Crippen molar-refractivity contribution in [3.8, 4) is 0 Å². The van der Waals surface area contributed by atoms with Crippen LogP contribution in [0.2, 0.25) is 0 Å². The third-order valence-corrected chi connectivity index (χ3v) is 4.35. The molecule has 0 saturated carbocycles. The van der Waals surface area contributed by atoms with Crippen molar-refractivity contribution < 1.29 is 4.79 Å². The van der Waals surface area contributed by atoms with Crippen LogP contribution in [-0.2, 0) is 13.0 Å². The Morgan fingerprint density at radius 1 is 1.18 bits per heavy atom. The van der Waals surface area contributed by atoms with E-state index in [9.17, 15) is 4.79 Å². The highest BCUT2D eigenvalue weighted by Gasteiger charge is 2.25. The number of rotatable bonds is 3. The minimum Gasteiger partial charge on any atom is -0.326 e. The Hall–Kier alpha value is -2.13. The standard InChI is InChI=1S/C19H22N2O/c1-13(2)15-5-7-17(8-6-15)19(22)21-10-9-16-4-3-14(12-20)11-18(16)21/h3-8,11,13H,9-10,12,20H2,1-2H3. The number of nitrogens with two attached hydrogens (primary N) is 1. The fraction of sp³-hybridized carbons (Fsp3) is 0.316. The number of carbonyl (C=O) groups excluding carboxylic acids is 1. The van der Waals surface area contributed by atoms with Gasteiger partial charge in [0.15, 0.2) is 0 Å². The van der Waals surface area contributed by atoms with Crippen LogP contribution in [0.25, 0.3) is 0 Å². The van der Waals surface area contributed by atoms with Crippen LogP contribution in [0.5, 0.6) is 0 Å². The summed E-state index contributed by atoms with van der Waals surface area (Å²) in [4.78, 5) is 14.7. The quantitative estimate of drug-likeness (QED) is 0.942. The lowest BCUT2D eigenvalue weighted by Crippen LogP contribution is -2.29. The molecule has 0 bridgehead atoms. The molecule has 3 heteroatoms. The van der Waals surface area contributed by atoms with Gasteiger partial charge in [0.2, 0.25) is 0 Å². The number of hydrogen-bond donors (Lipinski definition) is 1. The SMILES string of the molecule is CC(C)c1ccc(C(=O)N2CCc3ccc(CN)cc32)cc1. The number of nitrogens with zero attached hydrogens (tertiary/aromatic N) is 1. The van der Waals surface area contributed by atoms with E-state index in [1.54, 1.807) is 0 Å². The number of amides is 1. The molecule has 0 aliphatic carbocycles. The second-order valence-corrected chi connectivity index (χ2v) is 6.15. The highest BCUT2D eigenvalue weighted by atomic mass is 16.2. The van der Waals surface area contributed by atoms with E-state index in [-0.39, 0.29) is 5.91 Å². The van der Waals surface area contributed by atoms with Crippen molar-refractivity contribution in [3.63, 3.8) is 0 Å². The Labute approximate surface area is 131 Å². The van der Waals surface area contributed by atoms with E-state index in [0.717, 1.165) is 29.8 Å². The maximum Gasteiger partial charge on any atom is 0.258 e. The summed E-state index contributed by atoms with van der Waals surface area (Å²) in [7, 11) is 0. The zero-order valence-corrected chi connectivity index (χ0v) is 13.2. The van der Waals surface area contributed by atoms with E-state index in [0.29, 0.717) is 12.5 Å². The summed E-state index contributed by atoms with van der Waals surface area (Å²) >= 11 is 0. The highest BCUT2D eigenvalue weighted by molar-refractivity contribution is 6.07. The molecule has 22 heavy (non-hydrogen) atoms. The summed E-state index contributed by atoms with van der Waals surface area (Å²) in [5, 5.41) is 0. The van der Waals surface area contributed by atoms with Crippen LogP contribution in [-0.4, -0.2) is 12.5 Å². The summed E-state index contributed by atoms with van der Waals surface area (Å²) in [6, 6.07) is 14.1. The first-order valence-corrected chi connectivity index (χ1v) is 7.84. The minimum atomic E-state index is 0.0724. The smallest absolute Gasteiger partial charge is 0.258 e. The van der Waals surface area contributed by atoms with Gasteiger partial charge in [-0.25, -0.2) is 0 Å². The minimum absolute atomic E-state index is 0.0724. The van der Waals surface area contributed by atoms with E-state index in [2.05, 4.69) is 19.9 Å². The van der Waals surface area contributed by atoms with Crippen LogP contribution in [0.15, 0.2) is 42.5 Å². The zero-order chi connectivity index (χ0) is 15.7. The van der Waals surface area contributed by atoms with Gasteiger partial charge in [-0.2, -0.15) is 0 Å². The summed E-state index contributed by atoms with van der Waals surface area (Å²) in [6.45, 7) is 5.55. The second-order valence-electron chi connectivity index (χ2n) is 6.15. The number of anilines is 1. The van der Waals surface area contributed by atoms with Gasteiger partial charge in [0.1, 0.15) is 0 Å². The van der Waals surface area contributed by atoms with Gasteiger partial charge >= 0.3 is 0 Å². The van der Waals surface area contributed by atoms with Crippen LogP contribution in [0.1, 0.15) is 46.8 Å². The molecule has 0 spiro atoms. The third kappa shape index (κ3) is 2.64. The topological polar surface area (TPSA) is 46.3 Å². The molecule has 2 N–H and O–H groups in total. The van der Waals surface area contributed by atoms with Crippen molar-refractivity contribution in [2.45, 2.75) is 32.7 Å². The van der Waals surface area contributed by atoms with Gasteiger partial charge in [-0.3, -0.25) is 4.79 Å². The number of carbonyl (C=O) groups is 1. The first-order valence-electron chi connectivity index (χ1n) is 7.84. The lowest BCUT2D eigenvalue weighted by atomic mass is 10.0. The fourth-order valence-corrected chi connectivity index (χ4v) is 2.93. The van der Waals surface area contributed by atoms with E-state index in [4.69, 9.17) is 5.73 Å². The summed E-state index contributed by atoms with van der Waals surface area (Å²) < 4.78 is 0. The van der Waals surface area contributed by atoms with Gasteiger partial charge in [-0.05, 0) is 47.2 Å². The molecule has 1 aliphatic rings. The Bertz CT molecular complexity index is 689. The average Bonchev–Trinajstić information content (AvgIpc) is 2.97. The molecule has 0 atom stereocenters. The monoisotopic (exact) mass is 294 g/mol. The molecule has 1 aliphatic heterocycles. The van der Waals surface area contributed by atoms with Gasteiger partial charge in [0.25, 0.3) is 5.91 Å². The lowest BCUT2D eigenvalue weighted by molar-refractivity contribution is 0.0989. The maximum absolute atomic E-state index is 12.8. The summed E-state index contributed by atoms with van der Waals surface area (Å²) in [5.41, 5.74) is 11.0. The van der Waals surface area contributed by atoms with Crippen molar-refractivity contribution in [2.75, 3.05) is 11.4 Å². The molecule has 0 saturated heterocycles. The largest absolute Gasteiger partial charge is 0.326 e. The molecule has 3 nitrogen and oxygen atoms in total. The predicted molar refractivity (Wildman–Crippen MR) is 90.2 cm³/mol. The fourth-order valence-electron chi connectivity index (χ4n) is 2.93. The highest BCUT2D eigenvalue weighted by Crippen LogP contribution is 2.30. The molecule has 0 radical (unpaired) electrons. The Morgan fingerprint density at radius 2 is 1.91 bits per heavy atom. The molecular formula is C19H22N2O. The van der Waals surface area contributed by atoms with Crippen molar-refractivity contribution in [1.29, 1.82) is 0 Å². The molecule has 0 unspecified atom stereocenters. The molecule has 114 valence electrons. The normalized spacial score (nSPS) is 13.5. The maximum atomic E-state index is 12.8. The van der Waals surface area contributed by atoms with Crippen LogP contribution < -0.4 is 10.6 Å². The van der Waals surface area contributed by atoms with Crippen molar-refractivity contribution in [2.24, 2.45) is 5.73 Å². The molecule has 1 amide bonds. The molecule has 0 aromatic heterocycles. The van der Waals surface area contributed by atoms with Crippen molar-refractivity contribution in [1.82, 2.24) is 0 Å². The van der Waals surface area contributed by atoms with Gasteiger partial charge in [-0.15, -0.1) is 0 Å². The molecule has 2 aromatic rings. The molecule has 2 aromatic carbocycles. The van der Waals surface area contributed by atoms with Crippen LogP contribution in [0.4, 0.5) is 5.69 Å². The van der Waals surface area contributed by atoms with E-state index in [1.807, 2.05) is 41.3 Å². The van der Waals surface area contributed by atoms with Crippen LogP contribution in [0, 0.1) is 0 Å². The van der Waals surface area contributed by atoms with Gasteiger partial charge in [0.05, 0.1) is 0 Å². The Morgan fingerprint density at radius 3 is 2.55 bits per heavy atom. The third-order valence-electron chi connectivity index (χ3n) is 4.35. The van der Waals surface area contributed by atoms with E-state index in [1.165, 1.54) is 11.1 Å². The van der Waals surface area contributed by atoms with Gasteiger partial charge in [0, 0.05) is 24.3 Å². The second kappa shape index (κ2) is 5.93. The Balaban J connectivity index is 1.88. The van der Waals surface area contributed by atoms with E-state index >= 15 is 0 Å². The first kappa shape index (κ1) is 14.8. The zero-order valence-electron chi connectivity index (χ0n) is 13.2. The predicted octanol–water partition coefficient (Wildman–Crippen LogP) is 3.47. The van der Waals surface area contributed by atoms with Crippen molar-refractivity contribution in [3.05, 3.63) is 64.7 Å². The number of hydrogen-bond acceptors (Lipinski definition) is 2. The van der Waals surface area contributed by atoms with E-state index < -0.39 is 0 Å². The summed E-state index contributed by atoms with van der Waals surface area (Å²) in [5.74, 6) is 0.548. The molecule has 1 heterocycles. The summed E-state index contributed by atoms with van der Waals surface area (Å²) in [6.07, 6.45) is 0.913. The van der Waals surface area contributed by atoms with Crippen LogP contribution in [0.3, 0.4) is 0 Å². The number of benzene rings is 2. The lowest BCUT2D eigenvalue weighted by Gasteiger charge is -2.18. The molecule has 3 rings (SSSR count). The average molecular weight is 294 g/mol. The van der Waals surface area contributed by atoms with Crippen LogP contribution >= 0.6 is 0 Å². The first-order chi connectivity index (χ1) is 10.6. The molecule has 0 fully saturated rings. The Kier molecular flexibility index (Phi) is 3.99.